The Morgan fingerprint density at radius 3 is 2.75 bits per heavy atom. The van der Waals surface area contributed by atoms with Gasteiger partial charge in [-0.25, -0.2) is 0 Å². The third-order valence-electron chi connectivity index (χ3n) is 3.84. The zero-order chi connectivity index (χ0) is 14.5. The highest BCUT2D eigenvalue weighted by atomic mass is 16.5. The lowest BCUT2D eigenvalue weighted by Gasteiger charge is -2.32. The van der Waals surface area contributed by atoms with E-state index < -0.39 is 0 Å². The number of aromatic hydroxyl groups is 1. The lowest BCUT2D eigenvalue weighted by molar-refractivity contribution is 0.0687. The minimum Gasteiger partial charge on any atom is -0.504 e. The van der Waals surface area contributed by atoms with Crippen molar-refractivity contribution in [1.29, 1.82) is 0 Å². The quantitative estimate of drug-likeness (QED) is 0.875. The van der Waals surface area contributed by atoms with Crippen molar-refractivity contribution in [3.8, 4) is 11.5 Å². The molecule has 1 saturated heterocycles. The van der Waals surface area contributed by atoms with Crippen molar-refractivity contribution in [2.75, 3.05) is 33.8 Å². The molecule has 1 fully saturated rings. The molecule has 2 N–H and O–H groups in total. The highest BCUT2D eigenvalue weighted by Gasteiger charge is 2.25. The molecule has 1 heterocycles. The Morgan fingerprint density at radius 2 is 2.15 bits per heavy atom. The largest absolute Gasteiger partial charge is 0.504 e. The molecule has 0 atom stereocenters. The Balaban J connectivity index is 2.06. The SMILES string of the molecule is CNCC1CCN(C(=O)c2cccc(OC)c2O)CC1. The van der Waals surface area contributed by atoms with E-state index in [4.69, 9.17) is 4.74 Å². The van der Waals surface area contributed by atoms with Gasteiger partial charge in [-0.05, 0) is 44.5 Å². The van der Waals surface area contributed by atoms with Crippen molar-refractivity contribution < 1.29 is 14.6 Å². The van der Waals surface area contributed by atoms with Gasteiger partial charge < -0.3 is 20.1 Å². The second-order valence-corrected chi connectivity index (χ2v) is 5.15. The number of benzene rings is 1. The average Bonchev–Trinajstić information content (AvgIpc) is 2.48. The molecule has 0 unspecified atom stereocenters. The summed E-state index contributed by atoms with van der Waals surface area (Å²) in [7, 11) is 3.43. The van der Waals surface area contributed by atoms with Gasteiger partial charge in [0, 0.05) is 13.1 Å². The van der Waals surface area contributed by atoms with Gasteiger partial charge in [0.2, 0.25) is 0 Å². The predicted molar refractivity (Wildman–Crippen MR) is 77.2 cm³/mol. The van der Waals surface area contributed by atoms with Crippen molar-refractivity contribution in [2.24, 2.45) is 5.92 Å². The summed E-state index contributed by atoms with van der Waals surface area (Å²) in [6.07, 6.45) is 1.99. The van der Waals surface area contributed by atoms with Crippen LogP contribution in [-0.2, 0) is 0 Å². The summed E-state index contributed by atoms with van der Waals surface area (Å²) in [4.78, 5) is 14.3. The van der Waals surface area contributed by atoms with E-state index in [1.54, 1.807) is 23.1 Å². The molecule has 5 heteroatoms. The Morgan fingerprint density at radius 1 is 1.45 bits per heavy atom. The molecule has 110 valence electrons. The lowest BCUT2D eigenvalue weighted by Crippen LogP contribution is -2.40. The molecule has 1 aromatic rings. The maximum absolute atomic E-state index is 12.4. The molecule has 0 bridgehead atoms. The van der Waals surface area contributed by atoms with Crippen LogP contribution in [0, 0.1) is 5.92 Å². The number of carbonyl (C=O) groups is 1. The third-order valence-corrected chi connectivity index (χ3v) is 3.84. The molecule has 1 aliphatic rings. The molecule has 20 heavy (non-hydrogen) atoms. The van der Waals surface area contributed by atoms with Crippen LogP contribution < -0.4 is 10.1 Å². The molecule has 0 aliphatic carbocycles. The van der Waals surface area contributed by atoms with Crippen LogP contribution in [0.2, 0.25) is 0 Å². The molecule has 1 amide bonds. The fraction of sp³-hybridized carbons (Fsp3) is 0.533. The van der Waals surface area contributed by atoms with E-state index >= 15 is 0 Å². The van der Waals surface area contributed by atoms with Crippen molar-refractivity contribution >= 4 is 5.91 Å². The number of nitrogens with zero attached hydrogens (tertiary/aromatic N) is 1. The normalized spacial score (nSPS) is 16.2. The summed E-state index contributed by atoms with van der Waals surface area (Å²) in [5.41, 5.74) is 0.316. The number of hydrogen-bond donors (Lipinski definition) is 2. The zero-order valence-electron chi connectivity index (χ0n) is 12.1. The summed E-state index contributed by atoms with van der Waals surface area (Å²) in [5.74, 6) is 0.769. The van der Waals surface area contributed by atoms with Gasteiger partial charge in [-0.15, -0.1) is 0 Å². The van der Waals surface area contributed by atoms with Gasteiger partial charge in [-0.2, -0.15) is 0 Å². The maximum Gasteiger partial charge on any atom is 0.257 e. The van der Waals surface area contributed by atoms with Crippen LogP contribution in [-0.4, -0.2) is 49.7 Å². The number of likely N-dealkylation sites (tertiary alicyclic amines) is 1. The van der Waals surface area contributed by atoms with E-state index in [9.17, 15) is 9.90 Å². The summed E-state index contributed by atoms with van der Waals surface area (Å²) in [6, 6.07) is 5.00. The van der Waals surface area contributed by atoms with E-state index in [2.05, 4.69) is 5.32 Å². The topological polar surface area (TPSA) is 61.8 Å². The van der Waals surface area contributed by atoms with Gasteiger partial charge in [0.05, 0.1) is 12.7 Å². The fourth-order valence-corrected chi connectivity index (χ4v) is 2.66. The molecule has 0 saturated carbocycles. The van der Waals surface area contributed by atoms with E-state index in [1.807, 2.05) is 7.05 Å². The lowest BCUT2D eigenvalue weighted by atomic mass is 9.96. The van der Waals surface area contributed by atoms with Crippen LogP contribution >= 0.6 is 0 Å². The molecule has 2 rings (SSSR count). The maximum atomic E-state index is 12.4. The number of piperidine rings is 1. The molecule has 1 aliphatic heterocycles. The Bertz CT molecular complexity index is 468. The number of hydrogen-bond acceptors (Lipinski definition) is 4. The van der Waals surface area contributed by atoms with Gasteiger partial charge >= 0.3 is 0 Å². The molecule has 0 radical (unpaired) electrons. The number of phenols is 1. The van der Waals surface area contributed by atoms with Crippen LogP contribution in [0.15, 0.2) is 18.2 Å². The smallest absolute Gasteiger partial charge is 0.257 e. The van der Waals surface area contributed by atoms with Crippen LogP contribution in [0.4, 0.5) is 0 Å². The van der Waals surface area contributed by atoms with Crippen molar-refractivity contribution in [3.05, 3.63) is 23.8 Å². The second kappa shape index (κ2) is 6.61. The number of ether oxygens (including phenoxy) is 1. The number of amides is 1. The first-order valence-corrected chi connectivity index (χ1v) is 6.97. The molecular formula is C15H22N2O3. The summed E-state index contributed by atoms with van der Waals surface area (Å²) in [6.45, 7) is 2.47. The van der Waals surface area contributed by atoms with Crippen LogP contribution in [0.1, 0.15) is 23.2 Å². The van der Waals surface area contributed by atoms with Gasteiger partial charge in [0.25, 0.3) is 5.91 Å². The second-order valence-electron chi connectivity index (χ2n) is 5.15. The molecule has 5 nitrogen and oxygen atoms in total. The third kappa shape index (κ3) is 3.04. The highest BCUT2D eigenvalue weighted by Crippen LogP contribution is 2.31. The van der Waals surface area contributed by atoms with Crippen LogP contribution in [0.5, 0.6) is 11.5 Å². The molecular weight excluding hydrogens is 256 g/mol. The van der Waals surface area contributed by atoms with E-state index in [1.165, 1.54) is 7.11 Å². The van der Waals surface area contributed by atoms with E-state index in [0.717, 1.165) is 32.5 Å². The van der Waals surface area contributed by atoms with E-state index in [-0.39, 0.29) is 11.7 Å². The Hall–Kier alpha value is -1.75. The van der Waals surface area contributed by atoms with Gasteiger partial charge in [0.1, 0.15) is 0 Å². The first-order chi connectivity index (χ1) is 9.67. The number of para-hydroxylation sites is 1. The first-order valence-electron chi connectivity index (χ1n) is 6.97. The minimum atomic E-state index is -0.121. The number of methoxy groups -OCH3 is 1. The predicted octanol–water partition coefficient (Wildman–Crippen LogP) is 1.47. The number of carbonyl (C=O) groups excluding carboxylic acids is 1. The highest BCUT2D eigenvalue weighted by molar-refractivity contribution is 5.97. The first kappa shape index (κ1) is 14.7. The van der Waals surface area contributed by atoms with Crippen LogP contribution in [0.25, 0.3) is 0 Å². The van der Waals surface area contributed by atoms with Gasteiger partial charge in [-0.1, -0.05) is 6.07 Å². The number of nitrogens with one attached hydrogen (secondary N) is 1. The van der Waals surface area contributed by atoms with Crippen molar-refractivity contribution in [2.45, 2.75) is 12.8 Å². The van der Waals surface area contributed by atoms with E-state index in [0.29, 0.717) is 17.2 Å². The molecule has 0 spiro atoms. The minimum absolute atomic E-state index is 0.0719. The van der Waals surface area contributed by atoms with Crippen LogP contribution in [0.3, 0.4) is 0 Å². The monoisotopic (exact) mass is 278 g/mol. The standard InChI is InChI=1S/C15H22N2O3/c1-16-10-11-6-8-17(9-7-11)15(19)12-4-3-5-13(20-2)14(12)18/h3-5,11,16,18H,6-10H2,1-2H3. The Kier molecular flexibility index (Phi) is 4.84. The number of phenolic OH excluding ortho intramolecular Hbond substituents is 1. The van der Waals surface area contributed by atoms with Crippen molar-refractivity contribution in [3.63, 3.8) is 0 Å². The van der Waals surface area contributed by atoms with Gasteiger partial charge in [0.15, 0.2) is 11.5 Å². The molecule has 0 aromatic heterocycles. The Labute approximate surface area is 119 Å². The fourth-order valence-electron chi connectivity index (χ4n) is 2.66. The average molecular weight is 278 g/mol. The number of rotatable bonds is 4. The summed E-state index contributed by atoms with van der Waals surface area (Å²) < 4.78 is 5.04. The summed E-state index contributed by atoms with van der Waals surface area (Å²) >= 11 is 0. The zero-order valence-corrected chi connectivity index (χ0v) is 12.1. The van der Waals surface area contributed by atoms with Crippen molar-refractivity contribution in [1.82, 2.24) is 10.2 Å². The van der Waals surface area contributed by atoms with Gasteiger partial charge in [-0.3, -0.25) is 4.79 Å². The molecule has 1 aromatic carbocycles. The summed E-state index contributed by atoms with van der Waals surface area (Å²) in [5, 5.41) is 13.2.